The van der Waals surface area contributed by atoms with Gasteiger partial charge in [-0.25, -0.2) is 4.98 Å². The Morgan fingerprint density at radius 3 is 2.29 bits per heavy atom. The van der Waals surface area contributed by atoms with E-state index in [1.54, 1.807) is 46.0 Å². The van der Waals surface area contributed by atoms with Crippen molar-refractivity contribution >= 4 is 57.6 Å². The number of rotatable bonds is 4. The lowest BCUT2D eigenvalue weighted by Gasteiger charge is -2.31. The van der Waals surface area contributed by atoms with Crippen LogP contribution in [0.5, 0.6) is 0 Å². The number of nitrogens with zero attached hydrogens (tertiary/aromatic N) is 3. The van der Waals surface area contributed by atoms with Gasteiger partial charge in [-0.2, -0.15) is 0 Å². The Labute approximate surface area is 229 Å². The van der Waals surface area contributed by atoms with E-state index in [1.807, 2.05) is 36.4 Å². The number of furan rings is 1. The number of hydrogen-bond acceptors (Lipinski definition) is 5. The number of hydrogen-bond donors (Lipinski definition) is 0. The van der Waals surface area contributed by atoms with Gasteiger partial charge >= 0.3 is 0 Å². The summed E-state index contributed by atoms with van der Waals surface area (Å²) in [6.45, 7) is 4.99. The number of carbonyl (C=O) groups is 3. The highest BCUT2D eigenvalue weighted by Gasteiger charge is 2.38. The van der Waals surface area contributed by atoms with Crippen molar-refractivity contribution in [1.82, 2.24) is 9.88 Å². The van der Waals surface area contributed by atoms with Crippen molar-refractivity contribution in [3.8, 4) is 22.4 Å². The minimum atomic E-state index is -0.813. The highest BCUT2D eigenvalue weighted by atomic mass is 35.5. The maximum atomic E-state index is 13.6. The molecule has 9 heteroatoms. The zero-order valence-electron chi connectivity index (χ0n) is 21.3. The third-order valence-corrected chi connectivity index (χ3v) is 7.07. The Morgan fingerprint density at radius 1 is 0.947 bits per heavy atom. The Kier molecular flexibility index (Phi) is 6.53. The van der Waals surface area contributed by atoms with E-state index in [9.17, 15) is 14.4 Å². The van der Waals surface area contributed by atoms with Gasteiger partial charge < -0.3 is 9.32 Å². The number of benzene rings is 2. The predicted octanol–water partition coefficient (Wildman–Crippen LogP) is 6.50. The standard InChI is InChI=1S/C29H25Cl2N3O4/c1-29(2,3)27(37)26-25(34-15-22(35)33(4)14-23(34)36)20-13-19(16-9-11-17(30)12-10-16)24(32-28(20)38-26)18-7-5-6-8-21(18)31/h5-13H,14-15H2,1-4H3. The molecule has 2 amide bonds. The number of halogens is 2. The van der Waals surface area contributed by atoms with Gasteiger partial charge in [0, 0.05) is 33.6 Å². The second kappa shape index (κ2) is 9.57. The molecule has 0 N–H and O–H groups in total. The molecule has 0 saturated carbocycles. The molecule has 7 nitrogen and oxygen atoms in total. The summed E-state index contributed by atoms with van der Waals surface area (Å²) in [5.41, 5.74) is 2.32. The maximum Gasteiger partial charge on any atom is 0.247 e. The van der Waals surface area contributed by atoms with Gasteiger partial charge in [0.05, 0.1) is 17.6 Å². The summed E-state index contributed by atoms with van der Waals surface area (Å²) in [5.74, 6) is -0.881. The Balaban J connectivity index is 1.85. The monoisotopic (exact) mass is 549 g/mol. The van der Waals surface area contributed by atoms with Crippen molar-refractivity contribution < 1.29 is 18.8 Å². The summed E-state index contributed by atoms with van der Waals surface area (Å²) in [4.78, 5) is 46.9. The quantitative estimate of drug-likeness (QED) is 0.271. The van der Waals surface area contributed by atoms with E-state index in [2.05, 4.69) is 0 Å². The van der Waals surface area contributed by atoms with E-state index < -0.39 is 5.41 Å². The van der Waals surface area contributed by atoms with Gasteiger partial charge in [0.25, 0.3) is 0 Å². The van der Waals surface area contributed by atoms with Crippen LogP contribution in [0.4, 0.5) is 5.69 Å². The van der Waals surface area contributed by atoms with Gasteiger partial charge in [0.15, 0.2) is 5.76 Å². The molecule has 38 heavy (non-hydrogen) atoms. The molecular weight excluding hydrogens is 525 g/mol. The van der Waals surface area contributed by atoms with Gasteiger partial charge in [-0.15, -0.1) is 0 Å². The van der Waals surface area contributed by atoms with Crippen LogP contribution in [0.15, 0.2) is 59.0 Å². The number of likely N-dealkylation sites (N-methyl/N-ethyl adjacent to an activating group) is 1. The van der Waals surface area contributed by atoms with Crippen molar-refractivity contribution in [3.05, 3.63) is 70.4 Å². The van der Waals surface area contributed by atoms with Gasteiger partial charge in [-0.1, -0.05) is 74.3 Å². The summed E-state index contributed by atoms with van der Waals surface area (Å²) in [6, 6.07) is 16.4. The second-order valence-corrected chi connectivity index (χ2v) is 11.2. The van der Waals surface area contributed by atoms with Crippen LogP contribution in [0.1, 0.15) is 31.3 Å². The fraction of sp³-hybridized carbons (Fsp3) is 0.241. The van der Waals surface area contributed by atoms with Crippen molar-refractivity contribution in [3.63, 3.8) is 0 Å². The molecule has 1 saturated heterocycles. The first-order valence-corrected chi connectivity index (χ1v) is 12.8. The third kappa shape index (κ3) is 4.57. The predicted molar refractivity (Wildman–Crippen MR) is 149 cm³/mol. The molecule has 1 aliphatic heterocycles. The first-order valence-electron chi connectivity index (χ1n) is 12.0. The number of carbonyl (C=O) groups excluding carboxylic acids is 3. The van der Waals surface area contributed by atoms with Crippen LogP contribution in [0.2, 0.25) is 10.0 Å². The van der Waals surface area contributed by atoms with Crippen LogP contribution < -0.4 is 4.90 Å². The number of pyridine rings is 1. The fourth-order valence-corrected chi connectivity index (χ4v) is 4.76. The number of amides is 2. The van der Waals surface area contributed by atoms with E-state index in [0.717, 1.165) is 5.56 Å². The average molecular weight is 550 g/mol. The number of Topliss-reactive ketones (excluding diaryl/α,β-unsaturated/α-hetero) is 1. The first-order chi connectivity index (χ1) is 18.0. The zero-order chi connectivity index (χ0) is 27.4. The van der Waals surface area contributed by atoms with Crippen LogP contribution in [0.3, 0.4) is 0 Å². The summed E-state index contributed by atoms with van der Waals surface area (Å²) in [5, 5.41) is 1.52. The first kappa shape index (κ1) is 25.9. The van der Waals surface area contributed by atoms with Crippen LogP contribution >= 0.6 is 23.2 Å². The molecule has 0 atom stereocenters. The van der Waals surface area contributed by atoms with Crippen LogP contribution in [-0.2, 0) is 9.59 Å². The molecule has 3 heterocycles. The lowest BCUT2D eigenvalue weighted by atomic mass is 9.88. The van der Waals surface area contributed by atoms with E-state index in [1.165, 1.54) is 9.80 Å². The molecule has 0 spiro atoms. The molecular formula is C29H25Cl2N3O4. The summed E-state index contributed by atoms with van der Waals surface area (Å²) in [7, 11) is 1.57. The summed E-state index contributed by atoms with van der Waals surface area (Å²) < 4.78 is 6.12. The Bertz CT molecular complexity index is 1600. The smallest absolute Gasteiger partial charge is 0.247 e. The van der Waals surface area contributed by atoms with Crippen LogP contribution in [0, 0.1) is 5.41 Å². The van der Waals surface area contributed by atoms with Gasteiger partial charge in [0.1, 0.15) is 12.2 Å². The van der Waals surface area contributed by atoms with Gasteiger partial charge in [-0.05, 0) is 29.8 Å². The molecule has 2 aromatic carbocycles. The summed E-state index contributed by atoms with van der Waals surface area (Å²) >= 11 is 12.7. The van der Waals surface area contributed by atoms with E-state index in [4.69, 9.17) is 32.6 Å². The molecule has 0 aliphatic carbocycles. The Hall–Kier alpha value is -3.68. The molecule has 0 unspecified atom stereocenters. The number of ketones is 1. The second-order valence-electron chi connectivity index (χ2n) is 10.3. The van der Waals surface area contributed by atoms with Gasteiger partial charge in [0.2, 0.25) is 23.3 Å². The molecule has 4 aromatic rings. The maximum absolute atomic E-state index is 13.6. The molecule has 0 radical (unpaired) electrons. The van der Waals surface area contributed by atoms with Crippen molar-refractivity contribution in [2.24, 2.45) is 5.41 Å². The molecule has 1 aliphatic rings. The SMILES string of the molecule is CN1CC(=O)N(c2c(C(=O)C(C)(C)C)oc3nc(-c4ccccc4Cl)c(-c4ccc(Cl)cc4)cc23)CC1=O. The van der Waals surface area contributed by atoms with Crippen molar-refractivity contribution in [1.29, 1.82) is 0 Å². The Morgan fingerprint density at radius 2 is 1.63 bits per heavy atom. The lowest BCUT2D eigenvalue weighted by Crippen LogP contribution is -2.52. The van der Waals surface area contributed by atoms with Crippen LogP contribution in [-0.4, -0.2) is 47.6 Å². The molecule has 1 fully saturated rings. The third-order valence-electron chi connectivity index (χ3n) is 6.49. The lowest BCUT2D eigenvalue weighted by molar-refractivity contribution is -0.136. The van der Waals surface area contributed by atoms with E-state index in [0.29, 0.717) is 32.3 Å². The number of piperazine rings is 1. The van der Waals surface area contributed by atoms with Gasteiger partial charge in [-0.3, -0.25) is 19.3 Å². The molecule has 194 valence electrons. The zero-order valence-corrected chi connectivity index (χ0v) is 22.9. The van der Waals surface area contributed by atoms with Crippen LogP contribution in [0.25, 0.3) is 33.5 Å². The minimum Gasteiger partial charge on any atom is -0.432 e. The van der Waals surface area contributed by atoms with Crippen molar-refractivity contribution in [2.75, 3.05) is 25.0 Å². The van der Waals surface area contributed by atoms with E-state index >= 15 is 0 Å². The minimum absolute atomic E-state index is 0.0101. The number of fused-ring (bicyclic) bond motifs is 1. The highest BCUT2D eigenvalue weighted by Crippen LogP contribution is 2.43. The number of aromatic nitrogens is 1. The summed E-state index contributed by atoms with van der Waals surface area (Å²) in [6.07, 6.45) is 0. The van der Waals surface area contributed by atoms with E-state index in [-0.39, 0.29) is 47.8 Å². The normalized spacial score (nSPS) is 14.5. The largest absolute Gasteiger partial charge is 0.432 e. The highest BCUT2D eigenvalue weighted by molar-refractivity contribution is 6.33. The fourth-order valence-electron chi connectivity index (χ4n) is 4.41. The topological polar surface area (TPSA) is 83.7 Å². The average Bonchev–Trinajstić information content (AvgIpc) is 3.23. The molecule has 0 bridgehead atoms. The number of anilines is 1. The van der Waals surface area contributed by atoms with Crippen molar-refractivity contribution in [2.45, 2.75) is 20.8 Å². The molecule has 5 rings (SSSR count). The molecule has 2 aromatic heterocycles.